The number of hydrogen-bond acceptors (Lipinski definition) is 8. The summed E-state index contributed by atoms with van der Waals surface area (Å²) in [5.41, 5.74) is 4.78. The van der Waals surface area contributed by atoms with Gasteiger partial charge in [0.1, 0.15) is 5.71 Å². The summed E-state index contributed by atoms with van der Waals surface area (Å²) >= 11 is 0. The predicted octanol–water partition coefficient (Wildman–Crippen LogP) is -5.17. The van der Waals surface area contributed by atoms with Crippen molar-refractivity contribution in [2.45, 2.75) is 25.4 Å². The van der Waals surface area contributed by atoms with Crippen molar-refractivity contribution in [2.24, 2.45) is 10.7 Å². The first-order valence-corrected chi connectivity index (χ1v) is 5.31. The van der Waals surface area contributed by atoms with Crippen LogP contribution in [-0.2, 0) is 14.4 Å². The van der Waals surface area contributed by atoms with Crippen LogP contribution in [-0.4, -0.2) is 63.0 Å². The van der Waals surface area contributed by atoms with Gasteiger partial charge in [0.2, 0.25) is 11.6 Å². The van der Waals surface area contributed by atoms with E-state index in [1.807, 2.05) is 0 Å². The molecule has 0 aromatic rings. The van der Waals surface area contributed by atoms with E-state index in [4.69, 9.17) is 5.73 Å². The highest BCUT2D eigenvalue weighted by molar-refractivity contribution is 6.65. The molecule has 0 bridgehead atoms. The maximum atomic E-state index is 11.7. The van der Waals surface area contributed by atoms with Crippen LogP contribution in [0.1, 0.15) is 6.92 Å². The van der Waals surface area contributed by atoms with Crippen molar-refractivity contribution < 1.29 is 29.7 Å². The minimum absolute atomic E-state index is 0.117. The summed E-state index contributed by atoms with van der Waals surface area (Å²) in [6.07, 6.45) is -2.93. The van der Waals surface area contributed by atoms with Gasteiger partial charge < -0.3 is 10.3 Å². The number of aliphatic hydroxyl groups excluding tert-OH is 1. The molecule has 0 aromatic carbocycles. The minimum Gasteiger partial charge on any atom is -0.370 e. The molecule has 0 spiro atoms. The number of Topliss-reactive ketones (excluding diaryl/α,β-unsaturated/α-hetero) is 2. The first-order valence-electron chi connectivity index (χ1n) is 5.31. The number of nitrogens with two attached hydrogens (primary N) is 1. The van der Waals surface area contributed by atoms with Gasteiger partial charge in [0.25, 0.3) is 0 Å². The fourth-order valence-corrected chi connectivity index (χ4v) is 1.81. The van der Waals surface area contributed by atoms with E-state index < -0.39 is 41.6 Å². The zero-order valence-corrected chi connectivity index (χ0v) is 9.82. The van der Waals surface area contributed by atoms with E-state index in [0.29, 0.717) is 5.06 Å². The summed E-state index contributed by atoms with van der Waals surface area (Å²) in [5.74, 6) is -2.71. The van der Waals surface area contributed by atoms with Gasteiger partial charge in [-0.1, -0.05) is 0 Å². The zero-order chi connectivity index (χ0) is 14.3. The normalized spacial score (nSPS) is 30.9. The summed E-state index contributed by atoms with van der Waals surface area (Å²) in [6.45, 7) is 0.996. The number of fused-ring (bicyclic) bond motifs is 1. The average Bonchev–Trinajstić information content (AvgIpc) is 2.33. The Hall–Kier alpha value is -2.17. The number of carbonyl (C=O) groups excluding carboxylic acids is 3. The molecule has 1 amide bonds. The van der Waals surface area contributed by atoms with Crippen molar-refractivity contribution in [1.82, 2.24) is 10.4 Å². The van der Waals surface area contributed by atoms with E-state index in [2.05, 4.69) is 15.3 Å². The summed E-state index contributed by atoms with van der Waals surface area (Å²) in [5, 5.41) is 22.0. The molecule has 10 nitrogen and oxygen atoms in total. The molecule has 0 saturated carbocycles. The Kier molecular flexibility index (Phi) is 3.14. The number of guanidine groups is 1. The molecule has 19 heavy (non-hydrogen) atoms. The Bertz CT molecular complexity index is 527. The van der Waals surface area contributed by atoms with Crippen molar-refractivity contribution in [3.8, 4) is 0 Å². The zero-order valence-electron chi connectivity index (χ0n) is 9.82. The van der Waals surface area contributed by atoms with Gasteiger partial charge in [0.05, 0.1) is 0 Å². The van der Waals surface area contributed by atoms with Crippen LogP contribution in [0.25, 0.3) is 0 Å². The summed E-state index contributed by atoms with van der Waals surface area (Å²) in [4.78, 5) is 40.4. The number of aliphatic hydroxyl groups is 1. The molecule has 0 fully saturated rings. The highest BCUT2D eigenvalue weighted by atomic mass is 16.5. The molecule has 2 rings (SSSR count). The average molecular weight is 270 g/mol. The van der Waals surface area contributed by atoms with Crippen LogP contribution in [0.4, 0.5) is 0 Å². The standard InChI is InChI=1S/C9H11N5O5/c1-2(15)5(16)3-8(18)14(19)6-4(11-3)7(17)13-9(10)12-6/h4,6,8,18-19H,1H3,(H3,10,12,13,17)/p+1. The summed E-state index contributed by atoms with van der Waals surface area (Å²) < 4.78 is 0. The van der Waals surface area contributed by atoms with Crippen LogP contribution in [0.15, 0.2) is 4.99 Å². The van der Waals surface area contributed by atoms with Gasteiger partial charge in [0.15, 0.2) is 18.4 Å². The van der Waals surface area contributed by atoms with Crippen LogP contribution in [0.3, 0.4) is 0 Å². The highest BCUT2D eigenvalue weighted by Gasteiger charge is 2.48. The Balaban J connectivity index is 2.45. The topological polar surface area (TPSA) is 159 Å². The van der Waals surface area contributed by atoms with E-state index in [1.54, 1.807) is 0 Å². The summed E-state index contributed by atoms with van der Waals surface area (Å²) in [7, 11) is 0. The van der Waals surface area contributed by atoms with Gasteiger partial charge in [-0.2, -0.15) is 0 Å². The van der Waals surface area contributed by atoms with E-state index >= 15 is 0 Å². The van der Waals surface area contributed by atoms with Crippen molar-refractivity contribution in [2.75, 3.05) is 0 Å². The van der Waals surface area contributed by atoms with Gasteiger partial charge in [-0.25, -0.2) is 5.32 Å². The Morgan fingerprint density at radius 3 is 2.74 bits per heavy atom. The smallest absolute Gasteiger partial charge is 0.349 e. The lowest BCUT2D eigenvalue weighted by atomic mass is 10.0. The first kappa shape index (κ1) is 13.3. The molecular formula is C9H12N5O5+. The van der Waals surface area contributed by atoms with Crippen LogP contribution in [0.2, 0.25) is 0 Å². The molecule has 0 aliphatic carbocycles. The molecule has 102 valence electrons. The van der Waals surface area contributed by atoms with Crippen LogP contribution in [0, 0.1) is 0 Å². The number of rotatable bonds is 2. The van der Waals surface area contributed by atoms with E-state index in [0.717, 1.165) is 6.92 Å². The second kappa shape index (κ2) is 4.50. The van der Waals surface area contributed by atoms with Crippen molar-refractivity contribution in [1.29, 1.82) is 0 Å². The van der Waals surface area contributed by atoms with Crippen molar-refractivity contribution in [3.05, 3.63) is 0 Å². The lowest BCUT2D eigenvalue weighted by Gasteiger charge is -2.35. The third-order valence-corrected chi connectivity index (χ3v) is 2.74. The number of hydrogen-bond donors (Lipinski definition) is 5. The molecule has 2 aliphatic rings. The number of aliphatic imine (C=N–C) groups is 1. The van der Waals surface area contributed by atoms with Gasteiger partial charge in [-0.3, -0.25) is 30.1 Å². The number of nitrogens with zero attached hydrogens (tertiary/aromatic N) is 2. The molecule has 6 N–H and O–H groups in total. The maximum Gasteiger partial charge on any atom is 0.349 e. The van der Waals surface area contributed by atoms with Gasteiger partial charge in [0, 0.05) is 6.92 Å². The molecular weight excluding hydrogens is 258 g/mol. The minimum atomic E-state index is -1.82. The number of nitrogens with one attached hydrogen (secondary N) is 2. The first-order chi connectivity index (χ1) is 8.82. The second-order valence-electron chi connectivity index (χ2n) is 4.09. The van der Waals surface area contributed by atoms with Crippen molar-refractivity contribution in [3.63, 3.8) is 0 Å². The molecule has 10 heteroatoms. The monoisotopic (exact) mass is 270 g/mol. The lowest BCUT2D eigenvalue weighted by molar-refractivity contribution is -0.573. The SMILES string of the molecule is CC(=O)C(=O)C1=NC2C(=O)NC(N)=[NH+]C2N(O)C1O. The van der Waals surface area contributed by atoms with Gasteiger partial charge >= 0.3 is 11.9 Å². The van der Waals surface area contributed by atoms with E-state index in [-0.39, 0.29) is 5.96 Å². The number of carbonyl (C=O) groups is 3. The third-order valence-electron chi connectivity index (χ3n) is 2.74. The number of hydroxylamine groups is 2. The van der Waals surface area contributed by atoms with Gasteiger partial charge in [-0.05, 0) is 0 Å². The fraction of sp³-hybridized carbons (Fsp3) is 0.444. The maximum absolute atomic E-state index is 11.7. The van der Waals surface area contributed by atoms with Crippen LogP contribution < -0.4 is 16.0 Å². The third kappa shape index (κ3) is 2.12. The molecule has 0 saturated heterocycles. The van der Waals surface area contributed by atoms with Crippen molar-refractivity contribution >= 4 is 29.1 Å². The molecule has 3 unspecified atom stereocenters. The molecule has 0 aromatic heterocycles. The fourth-order valence-electron chi connectivity index (χ4n) is 1.81. The number of ketones is 2. The number of amides is 1. The Morgan fingerprint density at radius 2 is 2.16 bits per heavy atom. The molecule has 2 aliphatic heterocycles. The highest BCUT2D eigenvalue weighted by Crippen LogP contribution is 2.14. The van der Waals surface area contributed by atoms with E-state index in [9.17, 15) is 24.7 Å². The lowest BCUT2D eigenvalue weighted by Crippen LogP contribution is -2.95. The molecule has 3 atom stereocenters. The predicted molar refractivity (Wildman–Crippen MR) is 58.6 cm³/mol. The Morgan fingerprint density at radius 1 is 1.53 bits per heavy atom. The quantitative estimate of drug-likeness (QED) is 0.313. The van der Waals surface area contributed by atoms with Crippen LogP contribution >= 0.6 is 0 Å². The second-order valence-corrected chi connectivity index (χ2v) is 4.09. The van der Waals surface area contributed by atoms with E-state index in [1.165, 1.54) is 0 Å². The Labute approximate surface area is 106 Å². The summed E-state index contributed by atoms with van der Waals surface area (Å²) in [6, 6.07) is -1.21. The molecule has 0 radical (unpaired) electrons. The van der Waals surface area contributed by atoms with Crippen LogP contribution in [0.5, 0.6) is 0 Å². The van der Waals surface area contributed by atoms with Gasteiger partial charge in [-0.15, -0.1) is 5.06 Å². The molecule has 2 heterocycles. The largest absolute Gasteiger partial charge is 0.370 e.